The third-order valence-corrected chi connectivity index (χ3v) is 15.0. The molecule has 0 radical (unpaired) electrons. The third-order valence-electron chi connectivity index (χ3n) is 15.0. The van der Waals surface area contributed by atoms with E-state index < -0.39 is 0 Å². The molecule has 0 saturated carbocycles. The lowest BCUT2D eigenvalue weighted by Crippen LogP contribution is -2.49. The zero-order valence-corrected chi connectivity index (χ0v) is 35.5. The summed E-state index contributed by atoms with van der Waals surface area (Å²) >= 11 is 0. The summed E-state index contributed by atoms with van der Waals surface area (Å²) in [6.45, 7) is 12.2. The van der Waals surface area contributed by atoms with Crippen molar-refractivity contribution >= 4 is 71.4 Å². The van der Waals surface area contributed by atoms with Crippen molar-refractivity contribution in [2.45, 2.75) is 77.8 Å². The Morgan fingerprint density at radius 3 is 1.73 bits per heavy atom. The minimum absolute atomic E-state index is 0.174. The van der Waals surface area contributed by atoms with E-state index in [9.17, 15) is 0 Å². The van der Waals surface area contributed by atoms with Crippen LogP contribution >= 0.6 is 0 Å². The summed E-state index contributed by atoms with van der Waals surface area (Å²) in [5.41, 5.74) is 11.2. The molecule has 3 unspecified atom stereocenters. The second-order valence-electron chi connectivity index (χ2n) is 17.9. The lowest BCUT2D eigenvalue weighted by molar-refractivity contribution is 0.0970. The van der Waals surface area contributed by atoms with Crippen molar-refractivity contribution in [1.82, 2.24) is 13.7 Å². The largest absolute Gasteiger partial charge is 0.333 e. The van der Waals surface area contributed by atoms with Gasteiger partial charge < -0.3 is 13.7 Å². The summed E-state index contributed by atoms with van der Waals surface area (Å²) in [7, 11) is 0. The first kappa shape index (κ1) is 36.7. The van der Waals surface area contributed by atoms with E-state index in [1.807, 2.05) is 0 Å². The minimum Gasteiger partial charge on any atom is -0.333 e. The maximum atomic E-state index is 2.80. The van der Waals surface area contributed by atoms with Gasteiger partial charge >= 0.3 is 0 Å². The summed E-state index contributed by atoms with van der Waals surface area (Å²) in [4.78, 5) is 0. The van der Waals surface area contributed by atoms with E-state index in [0.29, 0.717) is 0 Å². The number of hydrogen-bond donors (Lipinski definition) is 0. The van der Waals surface area contributed by atoms with Gasteiger partial charge in [0.25, 0.3) is 0 Å². The van der Waals surface area contributed by atoms with Crippen LogP contribution in [0.15, 0.2) is 164 Å². The van der Waals surface area contributed by atoms with Gasteiger partial charge in [-0.3, -0.25) is 0 Å². The molecule has 3 aromatic heterocycles. The Bertz CT molecular complexity index is 3270. The maximum absolute atomic E-state index is 2.80. The number of fused-ring (bicyclic) bond motifs is 10. The smallest absolute Gasteiger partial charge is 0.0672 e. The molecule has 3 nitrogen and oxygen atoms in total. The second kappa shape index (κ2) is 13.6. The fourth-order valence-corrected chi connectivity index (χ4v) is 11.9. The number of hydrogen-bond acceptors (Lipinski definition) is 0. The number of rotatable bonds is 9. The summed E-state index contributed by atoms with van der Waals surface area (Å²) in [6.07, 6.45) is 10.2. The predicted octanol–water partition coefficient (Wildman–Crippen LogP) is 15.4. The average molecular weight is 780 g/mol. The number of benzene rings is 7. The van der Waals surface area contributed by atoms with Crippen LogP contribution in [0.25, 0.3) is 77.1 Å². The van der Waals surface area contributed by atoms with Crippen LogP contribution in [-0.2, 0) is 17.5 Å². The summed E-state index contributed by atoms with van der Waals surface area (Å²) < 4.78 is 7.94. The molecule has 0 bridgehead atoms. The Kier molecular flexibility index (Phi) is 8.33. The van der Waals surface area contributed by atoms with Gasteiger partial charge in [0.05, 0.1) is 22.3 Å². The monoisotopic (exact) mass is 779 g/mol. The molecule has 0 amide bonds. The quantitative estimate of drug-likeness (QED) is 0.139. The zero-order valence-electron chi connectivity index (χ0n) is 35.5. The first-order valence-corrected chi connectivity index (χ1v) is 22.2. The molecule has 3 heterocycles. The van der Waals surface area contributed by atoms with Crippen LogP contribution in [0.4, 0.5) is 0 Å². The van der Waals surface area contributed by atoms with E-state index in [2.05, 4.69) is 218 Å². The van der Waals surface area contributed by atoms with Crippen LogP contribution in [0.5, 0.6) is 0 Å². The predicted molar refractivity (Wildman–Crippen MR) is 257 cm³/mol. The fourth-order valence-electron chi connectivity index (χ4n) is 11.9. The number of allylic oxidation sites excluding steroid dienone is 1. The minimum atomic E-state index is -0.266. The summed E-state index contributed by atoms with van der Waals surface area (Å²) in [5, 5.41) is 9.21. The molecule has 0 spiro atoms. The lowest BCUT2D eigenvalue weighted by Gasteiger charge is -2.50. The molecule has 7 aromatic carbocycles. The van der Waals surface area contributed by atoms with Gasteiger partial charge in [0, 0.05) is 65.5 Å². The zero-order chi connectivity index (χ0) is 40.8. The van der Waals surface area contributed by atoms with Crippen molar-refractivity contribution < 1.29 is 0 Å². The Balaban J connectivity index is 1.12. The summed E-state index contributed by atoms with van der Waals surface area (Å²) in [5.74, 6) is 0. The highest BCUT2D eigenvalue weighted by atomic mass is 15.1. The Labute approximate surface area is 353 Å². The van der Waals surface area contributed by atoms with E-state index in [1.165, 1.54) is 87.8 Å². The molecule has 10 aromatic rings. The highest BCUT2D eigenvalue weighted by molar-refractivity contribution is 6.10. The van der Waals surface area contributed by atoms with Crippen molar-refractivity contribution in [3.05, 3.63) is 181 Å². The van der Waals surface area contributed by atoms with E-state index in [4.69, 9.17) is 0 Å². The molecular weight excluding hydrogens is 727 g/mol. The molecule has 3 heteroatoms. The maximum Gasteiger partial charge on any atom is 0.0672 e. The first-order valence-electron chi connectivity index (χ1n) is 22.2. The van der Waals surface area contributed by atoms with Gasteiger partial charge in [-0.2, -0.15) is 0 Å². The molecule has 1 aliphatic rings. The fraction of sp³-hybridized carbons (Fsp3) is 0.228. The molecule has 0 saturated heterocycles. The highest BCUT2D eigenvalue weighted by Crippen LogP contribution is 2.55. The van der Waals surface area contributed by atoms with Crippen LogP contribution in [0.3, 0.4) is 0 Å². The molecule has 1 aliphatic carbocycles. The molecule has 0 aliphatic heterocycles. The molecule has 296 valence electrons. The van der Waals surface area contributed by atoms with E-state index in [0.717, 1.165) is 32.1 Å². The number of nitrogens with zero attached hydrogens (tertiary/aromatic N) is 3. The topological polar surface area (TPSA) is 14.8 Å². The van der Waals surface area contributed by atoms with E-state index >= 15 is 0 Å². The highest BCUT2D eigenvalue weighted by Gasteiger charge is 2.49. The lowest BCUT2D eigenvalue weighted by atomic mass is 9.61. The molecule has 11 rings (SSSR count). The van der Waals surface area contributed by atoms with Crippen LogP contribution in [0.1, 0.15) is 77.1 Å². The molecule has 3 atom stereocenters. The third kappa shape index (κ3) is 4.95. The molecular formula is C57H53N3. The second-order valence-corrected chi connectivity index (χ2v) is 17.9. The normalized spacial score (nSPS) is 17.6. The van der Waals surface area contributed by atoms with Crippen molar-refractivity contribution in [3.63, 3.8) is 0 Å². The van der Waals surface area contributed by atoms with Crippen molar-refractivity contribution in [3.8, 4) is 5.69 Å². The number of aromatic nitrogens is 3. The number of para-hydroxylation sites is 4. The van der Waals surface area contributed by atoms with Crippen LogP contribution in [0.2, 0.25) is 0 Å². The molecule has 60 heavy (non-hydrogen) atoms. The Morgan fingerprint density at radius 1 is 0.533 bits per heavy atom. The van der Waals surface area contributed by atoms with Gasteiger partial charge in [-0.1, -0.05) is 155 Å². The standard InChI is InChI=1S/C57H53N3/c1-6-35-57(8-3,55(4)36-34-50-47(38-55)45-26-11-15-27-49(45)58(50)48-31-19-21-39-20-9-10-22-41(39)48)60-53-30-18-14-25-44(53)46-37-40(32-33-54(46)60)56(5,7-2)59-51-28-16-12-23-42(51)43-24-13-17-29-52(43)59/h9-34,36-37H,6-8,35,38H2,1-5H3. The Hall–Kier alpha value is -6.32. The van der Waals surface area contributed by atoms with Gasteiger partial charge in [0.15, 0.2) is 0 Å². The van der Waals surface area contributed by atoms with E-state index in [-0.39, 0.29) is 16.5 Å². The van der Waals surface area contributed by atoms with Crippen molar-refractivity contribution in [2.75, 3.05) is 0 Å². The van der Waals surface area contributed by atoms with Gasteiger partial charge in [-0.15, -0.1) is 0 Å². The van der Waals surface area contributed by atoms with Gasteiger partial charge in [0.2, 0.25) is 0 Å². The van der Waals surface area contributed by atoms with Crippen LogP contribution in [0, 0.1) is 5.41 Å². The van der Waals surface area contributed by atoms with Crippen molar-refractivity contribution in [2.24, 2.45) is 5.41 Å². The Morgan fingerprint density at radius 2 is 1.08 bits per heavy atom. The van der Waals surface area contributed by atoms with Crippen LogP contribution in [-0.4, -0.2) is 13.7 Å². The van der Waals surface area contributed by atoms with Crippen LogP contribution < -0.4 is 0 Å². The first-order chi connectivity index (χ1) is 29.4. The van der Waals surface area contributed by atoms with Gasteiger partial charge in [0.1, 0.15) is 0 Å². The SMILES string of the molecule is CCCC(CC)(n1c2ccccc2c2cc(C(C)(CC)n3c4ccccc4c4ccccc43)ccc21)C1(C)C=Cc2c(c3ccccc3n2-c2cccc3ccccc23)C1. The van der Waals surface area contributed by atoms with Gasteiger partial charge in [-0.25, -0.2) is 0 Å². The molecule has 0 N–H and O–H groups in total. The van der Waals surface area contributed by atoms with Crippen molar-refractivity contribution in [1.29, 1.82) is 0 Å². The van der Waals surface area contributed by atoms with E-state index in [1.54, 1.807) is 0 Å². The average Bonchev–Trinajstić information content (AvgIpc) is 3.93. The molecule has 0 fully saturated rings. The summed E-state index contributed by atoms with van der Waals surface area (Å²) in [6, 6.07) is 59.2. The van der Waals surface area contributed by atoms with Gasteiger partial charge in [-0.05, 0) is 97.7 Å².